The summed E-state index contributed by atoms with van der Waals surface area (Å²) in [6.45, 7) is 0. The van der Waals surface area contributed by atoms with E-state index in [-0.39, 0.29) is 28.0 Å². The number of halogens is 6. The average Bonchev–Trinajstić information content (AvgIpc) is 2.56. The second-order valence-corrected chi connectivity index (χ2v) is 5.92. The predicted octanol–water partition coefficient (Wildman–Crippen LogP) is 1.50. The lowest BCUT2D eigenvalue weighted by Crippen LogP contribution is -2.69. The first-order chi connectivity index (χ1) is 12.6. The highest BCUT2D eigenvalue weighted by molar-refractivity contribution is 6.34. The van der Waals surface area contributed by atoms with Gasteiger partial charge in [-0.15, -0.1) is 0 Å². The summed E-state index contributed by atoms with van der Waals surface area (Å²) < 4.78 is 78.7. The Hall–Kier alpha value is -3.12. The number of hydrogen-bond acceptors (Lipinski definition) is 4. The van der Waals surface area contributed by atoms with Crippen LogP contribution in [0.15, 0.2) is 18.2 Å². The van der Waals surface area contributed by atoms with Crippen molar-refractivity contribution in [1.82, 2.24) is 9.80 Å². The molecule has 0 aromatic heterocycles. The normalized spacial score (nSPS) is 17.9. The van der Waals surface area contributed by atoms with Gasteiger partial charge in [-0.25, -0.2) is 4.79 Å². The van der Waals surface area contributed by atoms with Crippen molar-refractivity contribution in [1.29, 1.82) is 0 Å². The van der Waals surface area contributed by atoms with E-state index in [1.165, 1.54) is 0 Å². The van der Waals surface area contributed by atoms with Gasteiger partial charge in [-0.3, -0.25) is 24.2 Å². The number of urea groups is 1. The van der Waals surface area contributed by atoms with Crippen LogP contribution in [0, 0.1) is 0 Å². The third-order valence-electron chi connectivity index (χ3n) is 4.22. The SMILES string of the molecule is CN1C(=O)N(C)C(=O)C(C(N)=O)(c2cc(C(F)(F)F)cc(C(F)(F)F)c2)C1=O. The maximum absolute atomic E-state index is 13.1. The number of imide groups is 2. The smallest absolute Gasteiger partial charge is 0.368 e. The topological polar surface area (TPSA) is 101 Å². The fraction of sp³-hybridized carbons (Fsp3) is 0.333. The highest BCUT2D eigenvalue weighted by atomic mass is 19.4. The number of rotatable bonds is 2. The molecule has 0 radical (unpaired) electrons. The van der Waals surface area contributed by atoms with Gasteiger partial charge in [-0.2, -0.15) is 26.3 Å². The third-order valence-corrected chi connectivity index (χ3v) is 4.22. The van der Waals surface area contributed by atoms with Crippen LogP contribution < -0.4 is 5.73 Å². The maximum Gasteiger partial charge on any atom is 0.416 e. The van der Waals surface area contributed by atoms with Gasteiger partial charge in [0.2, 0.25) is 11.3 Å². The van der Waals surface area contributed by atoms with Gasteiger partial charge in [0.25, 0.3) is 11.8 Å². The van der Waals surface area contributed by atoms with Crippen molar-refractivity contribution in [3.63, 3.8) is 0 Å². The summed E-state index contributed by atoms with van der Waals surface area (Å²) >= 11 is 0. The average molecular weight is 411 g/mol. The van der Waals surface area contributed by atoms with Crippen molar-refractivity contribution >= 4 is 23.8 Å². The molecule has 1 aromatic carbocycles. The Morgan fingerprint density at radius 1 is 0.857 bits per heavy atom. The summed E-state index contributed by atoms with van der Waals surface area (Å²) in [5.74, 6) is -5.16. The van der Waals surface area contributed by atoms with Crippen molar-refractivity contribution in [3.05, 3.63) is 34.9 Å². The van der Waals surface area contributed by atoms with Crippen molar-refractivity contribution < 1.29 is 45.5 Å². The summed E-state index contributed by atoms with van der Waals surface area (Å²) in [5.41, 5.74) is -3.15. The van der Waals surface area contributed by atoms with Crippen molar-refractivity contribution in [2.45, 2.75) is 17.8 Å². The van der Waals surface area contributed by atoms with Gasteiger partial charge >= 0.3 is 18.4 Å². The molecule has 0 saturated carbocycles. The molecule has 13 heteroatoms. The fourth-order valence-corrected chi connectivity index (χ4v) is 2.76. The van der Waals surface area contributed by atoms with Gasteiger partial charge in [0.05, 0.1) is 11.1 Å². The van der Waals surface area contributed by atoms with Gasteiger partial charge < -0.3 is 5.73 Å². The Labute approximate surface area is 152 Å². The number of nitrogens with zero attached hydrogens (tertiary/aromatic N) is 2. The molecule has 0 spiro atoms. The molecule has 1 aliphatic rings. The van der Waals surface area contributed by atoms with E-state index in [0.717, 1.165) is 14.1 Å². The van der Waals surface area contributed by atoms with Gasteiger partial charge in [-0.1, -0.05) is 0 Å². The first-order valence-electron chi connectivity index (χ1n) is 7.26. The summed E-state index contributed by atoms with van der Waals surface area (Å²) in [6, 6.07) is -1.38. The molecular weight excluding hydrogens is 400 g/mol. The van der Waals surface area contributed by atoms with E-state index in [0.29, 0.717) is 0 Å². The number of primary amides is 1. The van der Waals surface area contributed by atoms with E-state index < -0.39 is 58.2 Å². The van der Waals surface area contributed by atoms with Crippen LogP contribution in [0.1, 0.15) is 16.7 Å². The molecule has 1 fully saturated rings. The number of barbiturate groups is 1. The predicted molar refractivity (Wildman–Crippen MR) is 78.3 cm³/mol. The van der Waals surface area contributed by atoms with Crippen LogP contribution in [0.5, 0.6) is 0 Å². The first-order valence-corrected chi connectivity index (χ1v) is 7.26. The van der Waals surface area contributed by atoms with E-state index >= 15 is 0 Å². The van der Waals surface area contributed by atoms with Crippen LogP contribution >= 0.6 is 0 Å². The van der Waals surface area contributed by atoms with E-state index in [9.17, 15) is 45.5 Å². The summed E-state index contributed by atoms with van der Waals surface area (Å²) in [4.78, 5) is 49.5. The van der Waals surface area contributed by atoms with E-state index in [4.69, 9.17) is 5.73 Å². The number of benzene rings is 1. The molecule has 1 heterocycles. The summed E-state index contributed by atoms with van der Waals surface area (Å²) in [5, 5.41) is 0. The number of nitrogens with two attached hydrogens (primary N) is 1. The minimum absolute atomic E-state index is 0.0489. The van der Waals surface area contributed by atoms with Gasteiger partial charge in [0.15, 0.2) is 0 Å². The zero-order chi connectivity index (χ0) is 21.8. The number of hydrogen-bond donors (Lipinski definition) is 1. The summed E-state index contributed by atoms with van der Waals surface area (Å²) in [6.07, 6.45) is -10.6. The molecule has 28 heavy (non-hydrogen) atoms. The number of carbonyl (C=O) groups is 4. The van der Waals surface area contributed by atoms with Gasteiger partial charge in [0, 0.05) is 14.1 Å². The van der Waals surface area contributed by atoms with Gasteiger partial charge in [-0.05, 0) is 23.8 Å². The van der Waals surface area contributed by atoms with Crippen LogP contribution in [0.25, 0.3) is 0 Å². The van der Waals surface area contributed by atoms with Crippen molar-refractivity contribution in [2.75, 3.05) is 14.1 Å². The maximum atomic E-state index is 13.1. The Balaban J connectivity index is 2.94. The molecule has 5 amide bonds. The summed E-state index contributed by atoms with van der Waals surface area (Å²) in [7, 11) is 1.59. The second kappa shape index (κ2) is 6.21. The standard InChI is InChI=1S/C15H11F6N3O4/c1-23-10(26)13(9(22)25,11(27)24(2)12(23)28)6-3-7(14(16,17)18)5-8(4-6)15(19,20)21/h3-5H,1-2H3,(H2,22,25). The lowest BCUT2D eigenvalue weighted by Gasteiger charge is -2.40. The lowest BCUT2D eigenvalue weighted by molar-refractivity contribution is -0.156. The highest BCUT2D eigenvalue weighted by Crippen LogP contribution is 2.41. The van der Waals surface area contributed by atoms with Crippen LogP contribution in [-0.4, -0.2) is 47.6 Å². The van der Waals surface area contributed by atoms with Crippen LogP contribution in [0.4, 0.5) is 31.1 Å². The number of likely N-dealkylation sites (N-methyl/N-ethyl adjacent to an activating group) is 2. The van der Waals surface area contributed by atoms with E-state index in [1.54, 1.807) is 0 Å². The molecule has 1 saturated heterocycles. The lowest BCUT2D eigenvalue weighted by atomic mass is 9.74. The minimum Gasteiger partial charge on any atom is -0.368 e. The molecule has 0 unspecified atom stereocenters. The molecule has 2 N–H and O–H groups in total. The van der Waals surface area contributed by atoms with Crippen molar-refractivity contribution in [2.24, 2.45) is 5.73 Å². The molecule has 1 aromatic rings. The van der Waals surface area contributed by atoms with Crippen LogP contribution in [0.3, 0.4) is 0 Å². The monoisotopic (exact) mass is 411 g/mol. The fourth-order valence-electron chi connectivity index (χ4n) is 2.76. The van der Waals surface area contributed by atoms with E-state index in [1.807, 2.05) is 0 Å². The second-order valence-electron chi connectivity index (χ2n) is 5.92. The number of carbonyl (C=O) groups excluding carboxylic acids is 4. The Kier molecular flexibility index (Phi) is 4.70. The molecule has 2 rings (SSSR count). The van der Waals surface area contributed by atoms with E-state index in [2.05, 4.69) is 0 Å². The molecule has 1 aliphatic heterocycles. The molecular formula is C15H11F6N3O4. The molecule has 0 aliphatic carbocycles. The zero-order valence-corrected chi connectivity index (χ0v) is 14.1. The molecule has 0 atom stereocenters. The number of alkyl halides is 6. The molecule has 152 valence electrons. The Morgan fingerprint density at radius 3 is 1.50 bits per heavy atom. The van der Waals surface area contributed by atoms with Crippen molar-refractivity contribution in [3.8, 4) is 0 Å². The largest absolute Gasteiger partial charge is 0.416 e. The quantitative estimate of drug-likeness (QED) is 0.589. The van der Waals surface area contributed by atoms with Crippen LogP contribution in [-0.2, 0) is 32.2 Å². The van der Waals surface area contributed by atoms with Crippen LogP contribution in [0.2, 0.25) is 0 Å². The molecule has 7 nitrogen and oxygen atoms in total. The zero-order valence-electron chi connectivity index (χ0n) is 14.1. The highest BCUT2D eigenvalue weighted by Gasteiger charge is 2.61. The third kappa shape index (κ3) is 2.96. The minimum atomic E-state index is -5.30. The Morgan fingerprint density at radius 2 is 1.21 bits per heavy atom. The molecule has 0 bridgehead atoms. The first kappa shape index (κ1) is 21.2. The Bertz CT molecular complexity index is 836. The van der Waals surface area contributed by atoms with Gasteiger partial charge in [0.1, 0.15) is 0 Å². The number of amides is 5.